The number of nitrogens with one attached hydrogen (secondary N) is 2. The fourth-order valence-corrected chi connectivity index (χ4v) is 2.13. The summed E-state index contributed by atoms with van der Waals surface area (Å²) in [5, 5.41) is 6.71. The number of fused-ring (bicyclic) bond motifs is 1. The summed E-state index contributed by atoms with van der Waals surface area (Å²) in [4.78, 5) is 0. The van der Waals surface area contributed by atoms with Crippen LogP contribution < -0.4 is 10.6 Å². The normalized spacial score (nSPS) is 18.2. The highest BCUT2D eigenvalue weighted by Crippen LogP contribution is 2.31. The van der Waals surface area contributed by atoms with Gasteiger partial charge in [0.25, 0.3) is 0 Å². The van der Waals surface area contributed by atoms with Gasteiger partial charge in [0.2, 0.25) is 0 Å². The molecule has 3 nitrogen and oxygen atoms in total. The second-order valence-electron chi connectivity index (χ2n) is 4.17. The van der Waals surface area contributed by atoms with Gasteiger partial charge in [-0.15, -0.1) is 0 Å². The molecule has 0 fully saturated rings. The second-order valence-corrected chi connectivity index (χ2v) is 4.58. The van der Waals surface area contributed by atoms with Crippen molar-refractivity contribution < 1.29 is 9.13 Å². The average molecular weight is 259 g/mol. The molecule has 17 heavy (non-hydrogen) atoms. The van der Waals surface area contributed by atoms with Crippen LogP contribution in [0.25, 0.3) is 0 Å². The maximum atomic E-state index is 13.3. The van der Waals surface area contributed by atoms with E-state index in [1.165, 1.54) is 6.07 Å². The Morgan fingerprint density at radius 3 is 3.06 bits per heavy atom. The summed E-state index contributed by atoms with van der Waals surface area (Å²) >= 11 is 5.73. The lowest BCUT2D eigenvalue weighted by Gasteiger charge is -2.28. The summed E-state index contributed by atoms with van der Waals surface area (Å²) in [5.74, 6) is -0.391. The van der Waals surface area contributed by atoms with E-state index in [0.717, 1.165) is 37.4 Å². The van der Waals surface area contributed by atoms with Gasteiger partial charge in [-0.3, -0.25) is 0 Å². The molecule has 2 N–H and O–H groups in total. The predicted molar refractivity (Wildman–Crippen MR) is 68.4 cm³/mol. The summed E-state index contributed by atoms with van der Waals surface area (Å²) < 4.78 is 18.3. The molecule has 2 rings (SSSR count). The van der Waals surface area contributed by atoms with Crippen molar-refractivity contribution in [2.75, 3.05) is 30.9 Å². The Morgan fingerprint density at radius 1 is 1.47 bits per heavy atom. The van der Waals surface area contributed by atoms with Gasteiger partial charge in [0, 0.05) is 32.4 Å². The lowest BCUT2D eigenvalue weighted by Crippen LogP contribution is -2.33. The van der Waals surface area contributed by atoms with E-state index in [-0.39, 0.29) is 5.02 Å². The Balaban J connectivity index is 2.00. The van der Waals surface area contributed by atoms with Crippen LogP contribution in [-0.4, -0.2) is 26.3 Å². The summed E-state index contributed by atoms with van der Waals surface area (Å²) in [5.41, 5.74) is 1.64. The lowest BCUT2D eigenvalue weighted by molar-refractivity contribution is 0.191. The number of anilines is 2. The van der Waals surface area contributed by atoms with Crippen LogP contribution in [0.4, 0.5) is 15.8 Å². The number of ether oxygens (including phenoxy) is 1. The number of hydrogen-bond acceptors (Lipinski definition) is 3. The minimum Gasteiger partial charge on any atom is -0.385 e. The molecule has 5 heteroatoms. The predicted octanol–water partition coefficient (Wildman–Crippen LogP) is 3.11. The quantitative estimate of drug-likeness (QED) is 0.814. The molecule has 0 saturated heterocycles. The van der Waals surface area contributed by atoms with Crippen molar-refractivity contribution in [3.05, 3.63) is 23.0 Å². The molecule has 1 aromatic carbocycles. The molecule has 94 valence electrons. The molecule has 1 aliphatic heterocycles. The van der Waals surface area contributed by atoms with Gasteiger partial charge >= 0.3 is 0 Å². The first-order valence-electron chi connectivity index (χ1n) is 5.69. The SMILES string of the molecule is COCCCC1CNc2cc(Cl)c(F)cc2N1. The number of hydrogen-bond donors (Lipinski definition) is 2. The molecular formula is C12H16ClFN2O. The zero-order valence-corrected chi connectivity index (χ0v) is 10.5. The first-order chi connectivity index (χ1) is 8.20. The molecule has 1 aliphatic rings. The summed E-state index contributed by atoms with van der Waals surface area (Å²) in [7, 11) is 1.69. The molecule has 0 saturated carbocycles. The molecule has 1 atom stereocenters. The standard InChI is InChI=1S/C12H16ClFN2O/c1-17-4-2-3-8-7-15-11-5-9(13)10(14)6-12(11)16-8/h5-6,8,15-16H,2-4,7H2,1H3. The Bertz CT molecular complexity index is 400. The first kappa shape index (κ1) is 12.5. The number of rotatable bonds is 4. The third-order valence-corrected chi connectivity index (χ3v) is 3.15. The Kier molecular flexibility index (Phi) is 4.07. The van der Waals surface area contributed by atoms with Crippen molar-refractivity contribution in [2.45, 2.75) is 18.9 Å². The van der Waals surface area contributed by atoms with Crippen molar-refractivity contribution in [2.24, 2.45) is 0 Å². The molecule has 0 amide bonds. The number of benzene rings is 1. The van der Waals surface area contributed by atoms with Crippen LogP contribution in [-0.2, 0) is 4.74 Å². The topological polar surface area (TPSA) is 33.3 Å². The molecule has 1 heterocycles. The van der Waals surface area contributed by atoms with Crippen LogP contribution in [0, 0.1) is 5.82 Å². The van der Waals surface area contributed by atoms with Crippen molar-refractivity contribution in [3.8, 4) is 0 Å². The Morgan fingerprint density at radius 2 is 2.29 bits per heavy atom. The second kappa shape index (κ2) is 5.56. The molecule has 1 aromatic rings. The molecular weight excluding hydrogens is 243 g/mol. The van der Waals surface area contributed by atoms with E-state index in [4.69, 9.17) is 16.3 Å². The average Bonchev–Trinajstić information content (AvgIpc) is 2.31. The van der Waals surface area contributed by atoms with E-state index >= 15 is 0 Å². The van der Waals surface area contributed by atoms with Gasteiger partial charge in [-0.1, -0.05) is 11.6 Å². The largest absolute Gasteiger partial charge is 0.385 e. The molecule has 0 bridgehead atoms. The fraction of sp³-hybridized carbons (Fsp3) is 0.500. The maximum Gasteiger partial charge on any atom is 0.143 e. The first-order valence-corrected chi connectivity index (χ1v) is 6.07. The molecule has 1 unspecified atom stereocenters. The van der Waals surface area contributed by atoms with E-state index in [0.29, 0.717) is 6.04 Å². The van der Waals surface area contributed by atoms with E-state index in [2.05, 4.69) is 10.6 Å². The van der Waals surface area contributed by atoms with Gasteiger partial charge in [0.15, 0.2) is 0 Å². The molecule has 0 spiro atoms. The lowest BCUT2D eigenvalue weighted by atomic mass is 10.1. The van der Waals surface area contributed by atoms with Crippen molar-refractivity contribution in [3.63, 3.8) is 0 Å². The van der Waals surface area contributed by atoms with Gasteiger partial charge in [0.1, 0.15) is 5.82 Å². The summed E-state index contributed by atoms with van der Waals surface area (Å²) in [6.45, 7) is 1.57. The maximum absolute atomic E-state index is 13.3. The number of halogens is 2. The van der Waals surface area contributed by atoms with Gasteiger partial charge in [-0.2, -0.15) is 0 Å². The highest BCUT2D eigenvalue weighted by Gasteiger charge is 2.18. The van der Waals surface area contributed by atoms with E-state index in [9.17, 15) is 4.39 Å². The zero-order valence-electron chi connectivity index (χ0n) is 9.72. The highest BCUT2D eigenvalue weighted by atomic mass is 35.5. The monoisotopic (exact) mass is 258 g/mol. The van der Waals surface area contributed by atoms with E-state index in [1.807, 2.05) is 0 Å². The van der Waals surface area contributed by atoms with Crippen LogP contribution in [0.15, 0.2) is 12.1 Å². The van der Waals surface area contributed by atoms with E-state index < -0.39 is 5.82 Å². The smallest absolute Gasteiger partial charge is 0.143 e. The third-order valence-electron chi connectivity index (χ3n) is 2.86. The van der Waals surface area contributed by atoms with Crippen molar-refractivity contribution in [1.29, 1.82) is 0 Å². The Hall–Kier alpha value is -1.00. The van der Waals surface area contributed by atoms with E-state index in [1.54, 1.807) is 13.2 Å². The van der Waals surface area contributed by atoms with Crippen molar-refractivity contribution >= 4 is 23.0 Å². The third kappa shape index (κ3) is 3.01. The van der Waals surface area contributed by atoms with Gasteiger partial charge in [0.05, 0.1) is 16.4 Å². The minimum atomic E-state index is -0.391. The number of methoxy groups -OCH3 is 1. The fourth-order valence-electron chi connectivity index (χ4n) is 1.96. The van der Waals surface area contributed by atoms with Crippen LogP contribution in [0.1, 0.15) is 12.8 Å². The van der Waals surface area contributed by atoms with Gasteiger partial charge < -0.3 is 15.4 Å². The van der Waals surface area contributed by atoms with Gasteiger partial charge in [-0.25, -0.2) is 4.39 Å². The zero-order chi connectivity index (χ0) is 12.3. The van der Waals surface area contributed by atoms with Gasteiger partial charge in [-0.05, 0) is 18.9 Å². The summed E-state index contributed by atoms with van der Waals surface area (Å²) in [6, 6.07) is 3.36. The molecule has 0 radical (unpaired) electrons. The molecule has 0 aliphatic carbocycles. The van der Waals surface area contributed by atoms with Crippen molar-refractivity contribution in [1.82, 2.24) is 0 Å². The van der Waals surface area contributed by atoms with Crippen LogP contribution in [0.3, 0.4) is 0 Å². The van der Waals surface area contributed by atoms with Crippen LogP contribution in [0.5, 0.6) is 0 Å². The summed E-state index contributed by atoms with van der Waals surface area (Å²) in [6.07, 6.45) is 1.98. The minimum absolute atomic E-state index is 0.149. The molecule has 0 aromatic heterocycles. The van der Waals surface area contributed by atoms with Crippen LogP contribution in [0.2, 0.25) is 5.02 Å². The van der Waals surface area contributed by atoms with Crippen LogP contribution >= 0.6 is 11.6 Å². The Labute approximate surface area is 105 Å². The highest BCUT2D eigenvalue weighted by molar-refractivity contribution is 6.31.